The molecule has 5 nitrogen and oxygen atoms in total. The number of unbranched alkanes of at least 4 members (excludes halogenated alkanes) is 2. The third kappa shape index (κ3) is 6.57. The molecule has 112 valence electrons. The van der Waals surface area contributed by atoms with Crippen molar-refractivity contribution in [1.82, 2.24) is 5.06 Å². The molecule has 2 N–H and O–H groups in total. The number of carboxylic acid groups (broad SMARTS) is 1. The number of hydroxylamine groups is 2. The van der Waals surface area contributed by atoms with Crippen molar-refractivity contribution in [2.45, 2.75) is 71.8 Å². The summed E-state index contributed by atoms with van der Waals surface area (Å²) in [6.45, 7) is 5.70. The van der Waals surface area contributed by atoms with Crippen molar-refractivity contribution in [3.8, 4) is 0 Å². The van der Waals surface area contributed by atoms with Crippen molar-refractivity contribution in [2.24, 2.45) is 5.92 Å². The number of amides is 1. The second-order valence-corrected chi connectivity index (χ2v) is 4.94. The highest BCUT2D eigenvalue weighted by Gasteiger charge is 2.26. The molecule has 0 fully saturated rings. The van der Waals surface area contributed by atoms with Gasteiger partial charge in [-0.15, -0.1) is 0 Å². The van der Waals surface area contributed by atoms with E-state index in [9.17, 15) is 14.8 Å². The number of hydrogen-bond acceptors (Lipinski definition) is 3. The second kappa shape index (κ2) is 9.78. The molecular weight excluding hydrogens is 246 g/mol. The lowest BCUT2D eigenvalue weighted by molar-refractivity contribution is -0.179. The second-order valence-electron chi connectivity index (χ2n) is 4.94. The Balaban J connectivity index is 4.40. The van der Waals surface area contributed by atoms with E-state index in [0.717, 1.165) is 24.3 Å². The molecule has 0 rings (SSSR count). The van der Waals surface area contributed by atoms with E-state index in [4.69, 9.17) is 5.11 Å². The third-order valence-corrected chi connectivity index (χ3v) is 3.47. The van der Waals surface area contributed by atoms with Crippen molar-refractivity contribution < 1.29 is 19.9 Å². The first-order chi connectivity index (χ1) is 8.97. The molecule has 0 aliphatic heterocycles. The quantitative estimate of drug-likeness (QED) is 0.364. The molecule has 5 heteroatoms. The normalized spacial score (nSPS) is 13.9. The average molecular weight is 273 g/mol. The zero-order valence-corrected chi connectivity index (χ0v) is 12.3. The van der Waals surface area contributed by atoms with Crippen LogP contribution in [0.25, 0.3) is 0 Å². The summed E-state index contributed by atoms with van der Waals surface area (Å²) in [4.78, 5) is 22.8. The summed E-state index contributed by atoms with van der Waals surface area (Å²) in [7, 11) is 0. The van der Waals surface area contributed by atoms with Gasteiger partial charge in [-0.05, 0) is 25.7 Å². The van der Waals surface area contributed by atoms with E-state index in [1.165, 1.54) is 0 Å². The fourth-order valence-electron chi connectivity index (χ4n) is 2.05. The highest BCUT2D eigenvalue weighted by Crippen LogP contribution is 2.18. The molecule has 0 heterocycles. The topological polar surface area (TPSA) is 77.8 Å². The smallest absolute Gasteiger partial charge is 0.306 e. The molecule has 0 aliphatic rings. The summed E-state index contributed by atoms with van der Waals surface area (Å²) >= 11 is 0. The zero-order valence-electron chi connectivity index (χ0n) is 12.3. The van der Waals surface area contributed by atoms with Gasteiger partial charge in [0.05, 0.1) is 12.0 Å². The van der Waals surface area contributed by atoms with Crippen molar-refractivity contribution in [3.63, 3.8) is 0 Å². The predicted octanol–water partition coefficient (Wildman–Crippen LogP) is 3.06. The Hall–Kier alpha value is -1.10. The van der Waals surface area contributed by atoms with Crippen LogP contribution in [0.1, 0.15) is 65.7 Å². The van der Waals surface area contributed by atoms with Crippen molar-refractivity contribution in [1.29, 1.82) is 0 Å². The minimum absolute atomic E-state index is 0.304. The molecule has 0 saturated heterocycles. The molecule has 0 unspecified atom stereocenters. The van der Waals surface area contributed by atoms with Crippen LogP contribution in [0.3, 0.4) is 0 Å². The highest BCUT2D eigenvalue weighted by molar-refractivity contribution is 5.75. The van der Waals surface area contributed by atoms with Gasteiger partial charge in [0.15, 0.2) is 0 Å². The van der Waals surface area contributed by atoms with Crippen molar-refractivity contribution in [3.05, 3.63) is 0 Å². The van der Waals surface area contributed by atoms with Crippen LogP contribution in [0.2, 0.25) is 0 Å². The maximum Gasteiger partial charge on any atom is 0.306 e. The van der Waals surface area contributed by atoms with Crippen LogP contribution in [0.15, 0.2) is 0 Å². The van der Waals surface area contributed by atoms with Gasteiger partial charge in [-0.2, -0.15) is 0 Å². The number of rotatable bonds is 10. The monoisotopic (exact) mass is 273 g/mol. The minimum Gasteiger partial charge on any atom is -0.481 e. The number of hydrogen-bond donors (Lipinski definition) is 2. The molecule has 0 aromatic carbocycles. The van der Waals surface area contributed by atoms with Gasteiger partial charge in [0.2, 0.25) is 5.91 Å². The van der Waals surface area contributed by atoms with E-state index in [0.29, 0.717) is 25.7 Å². The molecular formula is C14H27NO4. The SMILES string of the molecule is CCCCCC(=O)N(O)[C@H](CC)C[C@H](CC)C(=O)O. The molecule has 0 radical (unpaired) electrons. The molecule has 0 aromatic rings. The number of nitrogens with zero attached hydrogens (tertiary/aromatic N) is 1. The highest BCUT2D eigenvalue weighted by atomic mass is 16.5. The first kappa shape index (κ1) is 17.9. The fraction of sp³-hybridized carbons (Fsp3) is 0.857. The van der Waals surface area contributed by atoms with Crippen molar-refractivity contribution in [2.75, 3.05) is 0 Å². The van der Waals surface area contributed by atoms with E-state index < -0.39 is 17.9 Å². The number of aliphatic carboxylic acids is 1. The molecule has 0 bridgehead atoms. The Morgan fingerprint density at radius 3 is 2.16 bits per heavy atom. The largest absolute Gasteiger partial charge is 0.481 e. The van der Waals surface area contributed by atoms with Gasteiger partial charge < -0.3 is 5.11 Å². The van der Waals surface area contributed by atoms with Gasteiger partial charge in [-0.1, -0.05) is 33.6 Å². The summed E-state index contributed by atoms with van der Waals surface area (Å²) in [6, 6.07) is -0.407. The standard InChI is InChI=1S/C14H27NO4/c1-4-7-8-9-13(16)15(19)12(6-3)10-11(5-2)14(17)18/h11-12,19H,4-10H2,1-3H3,(H,17,18)/t11-,12+/m0/s1. The van der Waals surface area contributed by atoms with E-state index in [2.05, 4.69) is 6.92 Å². The van der Waals surface area contributed by atoms with Crippen LogP contribution in [0, 0.1) is 5.92 Å². The molecule has 0 saturated carbocycles. The maximum atomic E-state index is 11.8. The van der Waals surface area contributed by atoms with Crippen LogP contribution in [0.4, 0.5) is 0 Å². The first-order valence-electron chi connectivity index (χ1n) is 7.21. The lowest BCUT2D eigenvalue weighted by atomic mass is 9.95. The van der Waals surface area contributed by atoms with Gasteiger partial charge in [0.1, 0.15) is 0 Å². The van der Waals surface area contributed by atoms with Crippen LogP contribution in [-0.2, 0) is 9.59 Å². The summed E-state index contributed by atoms with van der Waals surface area (Å²) in [5.41, 5.74) is 0. The molecule has 1 amide bonds. The van der Waals surface area contributed by atoms with Gasteiger partial charge in [-0.25, -0.2) is 5.06 Å². The lowest BCUT2D eigenvalue weighted by Crippen LogP contribution is -2.39. The molecule has 2 atom stereocenters. The van der Waals surface area contributed by atoms with E-state index >= 15 is 0 Å². The summed E-state index contributed by atoms with van der Waals surface area (Å²) in [5, 5.41) is 19.7. The van der Waals surface area contributed by atoms with E-state index in [1.54, 1.807) is 6.92 Å². The number of carbonyl (C=O) groups is 2. The Morgan fingerprint density at radius 2 is 1.74 bits per heavy atom. The summed E-state index contributed by atoms with van der Waals surface area (Å²) in [6.07, 6.45) is 4.43. The molecule has 0 aliphatic carbocycles. The van der Waals surface area contributed by atoms with Crippen LogP contribution < -0.4 is 0 Å². The number of carbonyl (C=O) groups excluding carboxylic acids is 1. The third-order valence-electron chi connectivity index (χ3n) is 3.47. The lowest BCUT2D eigenvalue weighted by Gasteiger charge is -2.27. The maximum absolute atomic E-state index is 11.8. The summed E-state index contributed by atoms with van der Waals surface area (Å²) in [5.74, 6) is -1.68. The fourth-order valence-corrected chi connectivity index (χ4v) is 2.05. The number of carboxylic acids is 1. The minimum atomic E-state index is -0.868. The Morgan fingerprint density at radius 1 is 1.11 bits per heavy atom. The summed E-state index contributed by atoms with van der Waals surface area (Å²) < 4.78 is 0. The van der Waals surface area contributed by atoms with Gasteiger partial charge in [0.25, 0.3) is 0 Å². The van der Waals surface area contributed by atoms with E-state index in [1.807, 2.05) is 6.92 Å². The predicted molar refractivity (Wildman–Crippen MR) is 72.9 cm³/mol. The zero-order chi connectivity index (χ0) is 14.8. The van der Waals surface area contributed by atoms with Crippen molar-refractivity contribution >= 4 is 11.9 Å². The van der Waals surface area contributed by atoms with Gasteiger partial charge in [-0.3, -0.25) is 14.8 Å². The van der Waals surface area contributed by atoms with Gasteiger partial charge >= 0.3 is 5.97 Å². The first-order valence-corrected chi connectivity index (χ1v) is 7.21. The van der Waals surface area contributed by atoms with Crippen LogP contribution in [-0.4, -0.2) is 33.3 Å². The molecule has 19 heavy (non-hydrogen) atoms. The Bertz CT molecular complexity index is 281. The van der Waals surface area contributed by atoms with Crippen LogP contribution >= 0.6 is 0 Å². The molecule has 0 aromatic heterocycles. The van der Waals surface area contributed by atoms with Crippen LogP contribution in [0.5, 0.6) is 0 Å². The van der Waals surface area contributed by atoms with E-state index in [-0.39, 0.29) is 5.91 Å². The molecule has 0 spiro atoms. The Labute approximate surface area is 115 Å². The Kier molecular flexibility index (Phi) is 9.21. The average Bonchev–Trinajstić information content (AvgIpc) is 2.39. The van der Waals surface area contributed by atoms with Gasteiger partial charge in [0, 0.05) is 6.42 Å².